The van der Waals surface area contributed by atoms with Gasteiger partial charge in [0.25, 0.3) is 5.91 Å². The van der Waals surface area contributed by atoms with Crippen molar-refractivity contribution in [2.24, 2.45) is 0 Å². The average molecular weight is 384 g/mol. The standard InChI is InChI=1S/C19H18BrN3O/c1-2-7-17(14-8-4-3-5-9-14)23-19(24)15(13-21)12-16-10-6-11-18(20)22-16/h3-6,8-12,17H,2,7H2,1H3,(H,23,24)/b15-12-/t17-/m1/s1. The molecule has 0 unspecified atom stereocenters. The fraction of sp³-hybridized carbons (Fsp3) is 0.211. The molecule has 0 aliphatic heterocycles. The largest absolute Gasteiger partial charge is 0.345 e. The van der Waals surface area contributed by atoms with Crippen molar-refractivity contribution in [2.45, 2.75) is 25.8 Å². The van der Waals surface area contributed by atoms with Crippen LogP contribution in [0.3, 0.4) is 0 Å². The Labute approximate surface area is 150 Å². The maximum absolute atomic E-state index is 12.5. The van der Waals surface area contributed by atoms with E-state index in [1.165, 1.54) is 6.08 Å². The summed E-state index contributed by atoms with van der Waals surface area (Å²) in [5.74, 6) is -0.387. The Morgan fingerprint density at radius 3 is 2.67 bits per heavy atom. The molecule has 0 saturated carbocycles. The molecule has 24 heavy (non-hydrogen) atoms. The van der Waals surface area contributed by atoms with Crippen molar-refractivity contribution in [2.75, 3.05) is 0 Å². The molecule has 1 aromatic heterocycles. The van der Waals surface area contributed by atoms with Crippen LogP contribution in [-0.4, -0.2) is 10.9 Å². The Morgan fingerprint density at radius 1 is 1.29 bits per heavy atom. The number of nitriles is 1. The van der Waals surface area contributed by atoms with Crippen LogP contribution in [0, 0.1) is 11.3 Å². The normalized spacial score (nSPS) is 12.3. The fourth-order valence-corrected chi connectivity index (χ4v) is 2.69. The summed E-state index contributed by atoms with van der Waals surface area (Å²) in [6, 6.07) is 17.0. The van der Waals surface area contributed by atoms with Crippen LogP contribution < -0.4 is 5.32 Å². The van der Waals surface area contributed by atoms with Crippen LogP contribution in [0.2, 0.25) is 0 Å². The van der Waals surface area contributed by atoms with Crippen molar-refractivity contribution in [3.8, 4) is 6.07 Å². The number of nitrogens with zero attached hydrogens (tertiary/aromatic N) is 2. The Hall–Kier alpha value is -2.45. The lowest BCUT2D eigenvalue weighted by atomic mass is 10.0. The van der Waals surface area contributed by atoms with E-state index in [0.29, 0.717) is 10.3 Å². The lowest BCUT2D eigenvalue weighted by Crippen LogP contribution is -2.29. The number of hydrogen-bond donors (Lipinski definition) is 1. The first kappa shape index (κ1) is 17.9. The predicted octanol–water partition coefficient (Wildman–Crippen LogP) is 4.41. The number of halogens is 1. The molecule has 4 nitrogen and oxygen atoms in total. The zero-order valence-corrected chi connectivity index (χ0v) is 15.0. The van der Waals surface area contributed by atoms with Crippen molar-refractivity contribution >= 4 is 27.9 Å². The van der Waals surface area contributed by atoms with Crippen molar-refractivity contribution in [3.63, 3.8) is 0 Å². The van der Waals surface area contributed by atoms with Crippen LogP contribution in [0.1, 0.15) is 37.1 Å². The van der Waals surface area contributed by atoms with Gasteiger partial charge in [-0.05, 0) is 46.1 Å². The third kappa shape index (κ3) is 5.04. The molecule has 2 rings (SSSR count). The van der Waals surface area contributed by atoms with Gasteiger partial charge in [0.15, 0.2) is 0 Å². The molecule has 0 radical (unpaired) electrons. The fourth-order valence-electron chi connectivity index (χ4n) is 2.33. The molecule has 0 aliphatic carbocycles. The summed E-state index contributed by atoms with van der Waals surface area (Å²) in [4.78, 5) is 16.7. The lowest BCUT2D eigenvalue weighted by Gasteiger charge is -2.18. The van der Waals surface area contributed by atoms with Gasteiger partial charge >= 0.3 is 0 Å². The highest BCUT2D eigenvalue weighted by Crippen LogP contribution is 2.19. The van der Waals surface area contributed by atoms with E-state index in [1.807, 2.05) is 36.4 Å². The highest BCUT2D eigenvalue weighted by Gasteiger charge is 2.16. The molecule has 1 aromatic carbocycles. The molecule has 1 amide bonds. The topological polar surface area (TPSA) is 65.8 Å². The third-order valence-electron chi connectivity index (χ3n) is 3.48. The molecule has 1 N–H and O–H groups in total. The molecule has 0 aliphatic rings. The van der Waals surface area contributed by atoms with Crippen LogP contribution in [0.15, 0.2) is 58.7 Å². The van der Waals surface area contributed by atoms with Gasteiger partial charge in [-0.1, -0.05) is 49.7 Å². The molecule has 2 aromatic rings. The molecule has 5 heteroatoms. The highest BCUT2D eigenvalue weighted by atomic mass is 79.9. The number of carbonyl (C=O) groups excluding carboxylic acids is 1. The van der Waals surface area contributed by atoms with E-state index in [2.05, 4.69) is 33.2 Å². The summed E-state index contributed by atoms with van der Waals surface area (Å²) < 4.78 is 0.655. The smallest absolute Gasteiger partial charge is 0.262 e. The second-order valence-electron chi connectivity index (χ2n) is 5.28. The summed E-state index contributed by atoms with van der Waals surface area (Å²) >= 11 is 3.28. The lowest BCUT2D eigenvalue weighted by molar-refractivity contribution is -0.117. The summed E-state index contributed by atoms with van der Waals surface area (Å²) in [5, 5.41) is 12.3. The molecule has 122 valence electrons. The Morgan fingerprint density at radius 2 is 2.04 bits per heavy atom. The zero-order valence-electron chi connectivity index (χ0n) is 13.4. The minimum atomic E-state index is -0.387. The van der Waals surface area contributed by atoms with Crippen LogP contribution in [0.4, 0.5) is 0 Å². The maximum Gasteiger partial charge on any atom is 0.262 e. The quantitative estimate of drug-likeness (QED) is 0.456. The van der Waals surface area contributed by atoms with E-state index in [-0.39, 0.29) is 17.5 Å². The van der Waals surface area contributed by atoms with E-state index in [4.69, 9.17) is 0 Å². The predicted molar refractivity (Wildman–Crippen MR) is 97.8 cm³/mol. The number of rotatable bonds is 6. The number of aromatic nitrogens is 1. The molecule has 0 saturated heterocycles. The molecule has 0 spiro atoms. The molecular weight excluding hydrogens is 366 g/mol. The zero-order chi connectivity index (χ0) is 17.4. The SMILES string of the molecule is CCC[C@@H](NC(=O)/C(C#N)=C\c1cccc(Br)n1)c1ccccc1. The van der Waals surface area contributed by atoms with Crippen LogP contribution in [0.25, 0.3) is 6.08 Å². The second-order valence-corrected chi connectivity index (χ2v) is 6.09. The summed E-state index contributed by atoms with van der Waals surface area (Å²) in [5.41, 5.74) is 1.63. The van der Waals surface area contributed by atoms with Gasteiger partial charge in [0, 0.05) is 0 Å². The Balaban J connectivity index is 2.20. The van der Waals surface area contributed by atoms with E-state index in [0.717, 1.165) is 18.4 Å². The van der Waals surface area contributed by atoms with E-state index in [9.17, 15) is 10.1 Å². The molecule has 0 fully saturated rings. The van der Waals surface area contributed by atoms with E-state index >= 15 is 0 Å². The van der Waals surface area contributed by atoms with Gasteiger partial charge in [-0.2, -0.15) is 5.26 Å². The highest BCUT2D eigenvalue weighted by molar-refractivity contribution is 9.10. The van der Waals surface area contributed by atoms with Crippen LogP contribution in [0.5, 0.6) is 0 Å². The first-order valence-corrected chi connectivity index (χ1v) is 8.53. The summed E-state index contributed by atoms with van der Waals surface area (Å²) in [6.45, 7) is 2.06. The van der Waals surface area contributed by atoms with Gasteiger partial charge in [-0.3, -0.25) is 4.79 Å². The molecule has 0 bridgehead atoms. The van der Waals surface area contributed by atoms with Crippen molar-refractivity contribution < 1.29 is 4.79 Å². The third-order valence-corrected chi connectivity index (χ3v) is 3.92. The van der Waals surface area contributed by atoms with Crippen molar-refractivity contribution in [1.29, 1.82) is 5.26 Å². The first-order chi connectivity index (χ1) is 11.6. The van der Waals surface area contributed by atoms with Crippen molar-refractivity contribution in [1.82, 2.24) is 10.3 Å². The number of pyridine rings is 1. The number of benzene rings is 1. The van der Waals surface area contributed by atoms with Gasteiger partial charge < -0.3 is 5.32 Å². The van der Waals surface area contributed by atoms with Crippen LogP contribution in [-0.2, 0) is 4.79 Å². The number of carbonyl (C=O) groups is 1. The summed E-state index contributed by atoms with van der Waals surface area (Å²) in [7, 11) is 0. The maximum atomic E-state index is 12.5. The van der Waals surface area contributed by atoms with Crippen molar-refractivity contribution in [3.05, 3.63) is 70.0 Å². The minimum Gasteiger partial charge on any atom is -0.345 e. The number of amides is 1. The van der Waals surface area contributed by atoms with Crippen LogP contribution >= 0.6 is 15.9 Å². The Bertz CT molecular complexity index is 766. The second kappa shape index (κ2) is 8.99. The monoisotopic (exact) mass is 383 g/mol. The minimum absolute atomic E-state index is 0.0395. The van der Waals surface area contributed by atoms with Gasteiger partial charge in [-0.25, -0.2) is 4.98 Å². The number of hydrogen-bond acceptors (Lipinski definition) is 3. The average Bonchev–Trinajstić information content (AvgIpc) is 2.60. The number of nitrogens with one attached hydrogen (secondary N) is 1. The summed E-state index contributed by atoms with van der Waals surface area (Å²) in [6.07, 6.45) is 3.23. The van der Waals surface area contributed by atoms with E-state index in [1.54, 1.807) is 18.2 Å². The molecule has 1 atom stereocenters. The van der Waals surface area contributed by atoms with Gasteiger partial charge in [0.05, 0.1) is 11.7 Å². The van der Waals surface area contributed by atoms with Gasteiger partial charge in [0.1, 0.15) is 16.2 Å². The van der Waals surface area contributed by atoms with Gasteiger partial charge in [-0.15, -0.1) is 0 Å². The van der Waals surface area contributed by atoms with Gasteiger partial charge in [0.2, 0.25) is 0 Å². The molecule has 1 heterocycles. The Kier molecular flexibility index (Phi) is 6.71. The molecular formula is C19H18BrN3O. The van der Waals surface area contributed by atoms with E-state index < -0.39 is 0 Å². The first-order valence-electron chi connectivity index (χ1n) is 7.74.